The van der Waals surface area contributed by atoms with Gasteiger partial charge in [-0.05, 0) is 46.5 Å². The summed E-state index contributed by atoms with van der Waals surface area (Å²) in [5.41, 5.74) is 0. The third-order valence-electron chi connectivity index (χ3n) is 4.72. The summed E-state index contributed by atoms with van der Waals surface area (Å²) >= 11 is 0. The Bertz CT molecular complexity index is 388. The Labute approximate surface area is 167 Å². The third-order valence-corrected chi connectivity index (χ3v) is 4.72. The van der Waals surface area contributed by atoms with E-state index in [2.05, 4.69) is 13.8 Å². The van der Waals surface area contributed by atoms with Crippen LogP contribution in [0.5, 0.6) is 0 Å². The van der Waals surface area contributed by atoms with Gasteiger partial charge in [-0.25, -0.2) is 0 Å². The monoisotopic (exact) mass is 384 g/mol. The van der Waals surface area contributed by atoms with E-state index in [4.69, 9.17) is 9.47 Å². The minimum Gasteiger partial charge on any atom is -0.463 e. The van der Waals surface area contributed by atoms with Crippen molar-refractivity contribution in [1.82, 2.24) is 0 Å². The number of rotatable bonds is 16. The smallest absolute Gasteiger partial charge is 0.309 e. The zero-order valence-corrected chi connectivity index (χ0v) is 18.7. The molecule has 0 aliphatic heterocycles. The van der Waals surface area contributed by atoms with Gasteiger partial charge in [0.25, 0.3) is 0 Å². The van der Waals surface area contributed by atoms with Crippen LogP contribution in [0.1, 0.15) is 112 Å². The molecule has 0 rings (SSSR count). The van der Waals surface area contributed by atoms with E-state index in [1.807, 2.05) is 27.7 Å². The molecule has 160 valence electrons. The molecule has 4 nitrogen and oxygen atoms in total. The molecule has 0 aliphatic carbocycles. The normalized spacial score (nSPS) is 12.6. The van der Waals surface area contributed by atoms with Crippen molar-refractivity contribution in [2.75, 3.05) is 0 Å². The summed E-state index contributed by atoms with van der Waals surface area (Å²) in [5.74, 6) is 0.281. The van der Waals surface area contributed by atoms with Crippen LogP contribution in [0.25, 0.3) is 0 Å². The zero-order chi connectivity index (χ0) is 20.7. The first-order valence-electron chi connectivity index (χ1n) is 11.1. The Morgan fingerprint density at radius 3 is 1.52 bits per heavy atom. The van der Waals surface area contributed by atoms with Crippen molar-refractivity contribution in [2.24, 2.45) is 11.8 Å². The second-order valence-electron chi connectivity index (χ2n) is 8.60. The molecule has 0 N–H and O–H groups in total. The molecule has 0 aromatic heterocycles. The molecule has 1 atom stereocenters. The maximum absolute atomic E-state index is 12.1. The Kier molecular flexibility index (Phi) is 15.3. The minimum absolute atomic E-state index is 0.00540. The Morgan fingerprint density at radius 2 is 1.07 bits per heavy atom. The van der Waals surface area contributed by atoms with Gasteiger partial charge in [0.1, 0.15) is 0 Å². The van der Waals surface area contributed by atoms with Gasteiger partial charge >= 0.3 is 11.9 Å². The van der Waals surface area contributed by atoms with E-state index >= 15 is 0 Å². The first-order chi connectivity index (χ1) is 12.7. The molecule has 0 saturated heterocycles. The van der Waals surface area contributed by atoms with E-state index in [9.17, 15) is 9.59 Å². The molecular weight excluding hydrogens is 340 g/mol. The summed E-state index contributed by atoms with van der Waals surface area (Å²) in [6.45, 7) is 11.8. The highest BCUT2D eigenvalue weighted by Gasteiger charge is 2.23. The molecule has 0 heterocycles. The molecule has 4 heteroatoms. The quantitative estimate of drug-likeness (QED) is 0.226. The molecule has 1 unspecified atom stereocenters. The van der Waals surface area contributed by atoms with Gasteiger partial charge in [-0.15, -0.1) is 0 Å². The van der Waals surface area contributed by atoms with Crippen LogP contribution in [0.3, 0.4) is 0 Å². The highest BCUT2D eigenvalue weighted by molar-refractivity contribution is 5.72. The SMILES string of the molecule is CC(C)OC(=O)CCCCCCCCCCCC(C(=O)OC(C)C)C(C)C. The van der Waals surface area contributed by atoms with Crippen molar-refractivity contribution < 1.29 is 19.1 Å². The van der Waals surface area contributed by atoms with Gasteiger partial charge in [-0.3, -0.25) is 9.59 Å². The van der Waals surface area contributed by atoms with E-state index in [0.717, 1.165) is 25.7 Å². The number of esters is 2. The molecule has 0 fully saturated rings. The number of carbonyl (C=O) groups is 2. The lowest BCUT2D eigenvalue weighted by Crippen LogP contribution is -2.25. The van der Waals surface area contributed by atoms with E-state index < -0.39 is 0 Å². The molecule has 0 aromatic carbocycles. The van der Waals surface area contributed by atoms with Crippen molar-refractivity contribution in [1.29, 1.82) is 0 Å². The number of carbonyl (C=O) groups excluding carboxylic acids is 2. The summed E-state index contributed by atoms with van der Waals surface area (Å²) in [5, 5.41) is 0. The van der Waals surface area contributed by atoms with E-state index in [1.54, 1.807) is 0 Å². The number of hydrogen-bond acceptors (Lipinski definition) is 4. The average Bonchev–Trinajstić information content (AvgIpc) is 2.54. The Hall–Kier alpha value is -1.06. The molecule has 0 radical (unpaired) electrons. The predicted octanol–water partition coefficient (Wildman–Crippen LogP) is 6.45. The molecule has 0 spiro atoms. The van der Waals surface area contributed by atoms with Crippen LogP contribution >= 0.6 is 0 Å². The summed E-state index contributed by atoms with van der Waals surface area (Å²) in [4.78, 5) is 23.6. The van der Waals surface area contributed by atoms with Crippen LogP contribution in [0.2, 0.25) is 0 Å². The van der Waals surface area contributed by atoms with Gasteiger partial charge in [0.05, 0.1) is 18.1 Å². The van der Waals surface area contributed by atoms with Crippen molar-refractivity contribution in [3.8, 4) is 0 Å². The van der Waals surface area contributed by atoms with Gasteiger partial charge in [-0.2, -0.15) is 0 Å². The molecule has 0 saturated carbocycles. The number of ether oxygens (including phenoxy) is 2. The lowest BCUT2D eigenvalue weighted by Gasteiger charge is -2.20. The van der Waals surface area contributed by atoms with Crippen molar-refractivity contribution in [2.45, 2.75) is 124 Å². The van der Waals surface area contributed by atoms with Gasteiger partial charge in [0, 0.05) is 6.42 Å². The fourth-order valence-electron chi connectivity index (χ4n) is 3.24. The average molecular weight is 385 g/mol. The van der Waals surface area contributed by atoms with Crippen LogP contribution in [0, 0.1) is 11.8 Å². The topological polar surface area (TPSA) is 52.6 Å². The number of hydrogen-bond donors (Lipinski definition) is 0. The Morgan fingerprint density at radius 1 is 0.630 bits per heavy atom. The van der Waals surface area contributed by atoms with E-state index in [0.29, 0.717) is 12.3 Å². The second kappa shape index (κ2) is 15.9. The van der Waals surface area contributed by atoms with Crippen LogP contribution in [0.4, 0.5) is 0 Å². The fraction of sp³-hybridized carbons (Fsp3) is 0.913. The summed E-state index contributed by atoms with van der Waals surface area (Å²) < 4.78 is 10.5. The second-order valence-corrected chi connectivity index (χ2v) is 8.60. The standard InChI is InChI=1S/C23H44O4/c1-18(2)21(23(25)27-20(5)6)16-14-12-10-8-7-9-11-13-15-17-22(24)26-19(3)4/h18-21H,7-17H2,1-6H3. The van der Waals surface area contributed by atoms with Gasteiger partial charge in [0.2, 0.25) is 0 Å². The highest BCUT2D eigenvalue weighted by atomic mass is 16.5. The van der Waals surface area contributed by atoms with Crippen LogP contribution in [-0.4, -0.2) is 24.1 Å². The highest BCUT2D eigenvalue weighted by Crippen LogP contribution is 2.22. The van der Waals surface area contributed by atoms with Gasteiger partial charge in [0.15, 0.2) is 0 Å². The van der Waals surface area contributed by atoms with Gasteiger partial charge in [-0.1, -0.05) is 65.2 Å². The van der Waals surface area contributed by atoms with Crippen molar-refractivity contribution in [3.05, 3.63) is 0 Å². The zero-order valence-electron chi connectivity index (χ0n) is 18.7. The van der Waals surface area contributed by atoms with Crippen LogP contribution in [0.15, 0.2) is 0 Å². The molecule has 0 aromatic rings. The third kappa shape index (κ3) is 15.7. The summed E-state index contributed by atoms with van der Waals surface area (Å²) in [7, 11) is 0. The molecule has 0 aliphatic rings. The van der Waals surface area contributed by atoms with E-state index in [-0.39, 0.29) is 30.1 Å². The molecular formula is C23H44O4. The Balaban J connectivity index is 3.58. The largest absolute Gasteiger partial charge is 0.463 e. The fourth-order valence-corrected chi connectivity index (χ4v) is 3.24. The summed E-state index contributed by atoms with van der Waals surface area (Å²) in [6.07, 6.45) is 12.0. The molecule has 27 heavy (non-hydrogen) atoms. The van der Waals surface area contributed by atoms with Crippen molar-refractivity contribution in [3.63, 3.8) is 0 Å². The lowest BCUT2D eigenvalue weighted by atomic mass is 9.90. The van der Waals surface area contributed by atoms with Crippen LogP contribution in [-0.2, 0) is 19.1 Å². The molecule has 0 amide bonds. The van der Waals surface area contributed by atoms with E-state index in [1.165, 1.54) is 38.5 Å². The lowest BCUT2D eigenvalue weighted by molar-refractivity contribution is -0.154. The summed E-state index contributed by atoms with van der Waals surface area (Å²) in [6, 6.07) is 0. The predicted molar refractivity (Wildman–Crippen MR) is 112 cm³/mol. The maximum Gasteiger partial charge on any atom is 0.309 e. The first kappa shape index (κ1) is 25.9. The minimum atomic E-state index is -0.0676. The van der Waals surface area contributed by atoms with Crippen LogP contribution < -0.4 is 0 Å². The first-order valence-corrected chi connectivity index (χ1v) is 11.1. The number of unbranched alkanes of at least 4 members (excludes halogenated alkanes) is 8. The maximum atomic E-state index is 12.1. The van der Waals surface area contributed by atoms with Crippen molar-refractivity contribution >= 4 is 11.9 Å². The van der Waals surface area contributed by atoms with Gasteiger partial charge < -0.3 is 9.47 Å². The molecule has 0 bridgehead atoms.